The quantitative estimate of drug-likeness (QED) is 0.320. The van der Waals surface area contributed by atoms with Crippen LogP contribution in [0.2, 0.25) is 5.02 Å². The average molecular weight is 590 g/mol. The lowest BCUT2D eigenvalue weighted by molar-refractivity contribution is -0.139. The summed E-state index contributed by atoms with van der Waals surface area (Å²) in [5, 5.41) is 3.02. The molecule has 0 fully saturated rings. The fraction of sp³-hybridized carbons (Fsp3) is 0.310. The van der Waals surface area contributed by atoms with E-state index < -0.39 is 40.2 Å². The number of sulfonamides is 1. The van der Waals surface area contributed by atoms with E-state index in [-0.39, 0.29) is 28.2 Å². The number of benzene rings is 3. The lowest BCUT2D eigenvalue weighted by atomic mass is 10.1. The summed E-state index contributed by atoms with van der Waals surface area (Å²) in [6, 6.07) is 16.5. The maximum absolute atomic E-state index is 13.9. The van der Waals surface area contributed by atoms with Gasteiger partial charge in [-0.3, -0.25) is 13.9 Å². The minimum Gasteiger partial charge on any atom is -0.495 e. The maximum atomic E-state index is 13.9. The number of hydrogen-bond donors (Lipinski definition) is 1. The van der Waals surface area contributed by atoms with Gasteiger partial charge in [-0.1, -0.05) is 48.9 Å². The van der Waals surface area contributed by atoms with Gasteiger partial charge in [0, 0.05) is 12.6 Å². The second-order valence-electron chi connectivity index (χ2n) is 9.29. The Morgan fingerprint density at radius 3 is 2.25 bits per heavy atom. The molecule has 3 aromatic carbocycles. The Bertz CT molecular complexity index is 1420. The van der Waals surface area contributed by atoms with Gasteiger partial charge in [0.05, 0.1) is 22.7 Å². The third-order valence-electron chi connectivity index (χ3n) is 6.47. The van der Waals surface area contributed by atoms with Crippen LogP contribution in [0.1, 0.15) is 32.8 Å². The standard InChI is InChI=1S/C29H33ClFN3O5S/c1-5-20(2)32-29(36)21(3)33(18-22-11-13-23(31)14-12-22)28(35)19-34(24-15-16-27(39-4)26(30)17-24)40(37,38)25-9-7-6-8-10-25/h6-17,20-21H,5,18-19H2,1-4H3,(H,32,36)/t20-,21+/m1/s1. The number of ether oxygens (including phenoxy) is 1. The summed E-state index contributed by atoms with van der Waals surface area (Å²) >= 11 is 6.32. The van der Waals surface area contributed by atoms with Crippen molar-refractivity contribution in [1.82, 2.24) is 10.2 Å². The van der Waals surface area contributed by atoms with Crippen molar-refractivity contribution in [3.05, 3.63) is 89.2 Å². The number of anilines is 1. The molecule has 1 N–H and O–H groups in total. The molecular formula is C29H33ClFN3O5S. The summed E-state index contributed by atoms with van der Waals surface area (Å²) in [6.07, 6.45) is 0.686. The van der Waals surface area contributed by atoms with E-state index in [4.69, 9.17) is 16.3 Å². The van der Waals surface area contributed by atoms with E-state index in [2.05, 4.69) is 5.32 Å². The van der Waals surface area contributed by atoms with Crippen LogP contribution in [0, 0.1) is 5.82 Å². The number of hydrogen-bond acceptors (Lipinski definition) is 5. The number of rotatable bonds is 12. The molecule has 3 aromatic rings. The predicted molar refractivity (Wildman–Crippen MR) is 153 cm³/mol. The monoisotopic (exact) mass is 589 g/mol. The third kappa shape index (κ3) is 7.51. The number of halogens is 2. The van der Waals surface area contributed by atoms with Crippen LogP contribution in [0.15, 0.2) is 77.7 Å². The molecule has 0 unspecified atom stereocenters. The van der Waals surface area contributed by atoms with Crippen LogP contribution in [0.3, 0.4) is 0 Å². The Kier molecular flexibility index (Phi) is 10.5. The van der Waals surface area contributed by atoms with Gasteiger partial charge in [-0.05, 0) is 68.3 Å². The van der Waals surface area contributed by atoms with Gasteiger partial charge in [0.1, 0.15) is 24.2 Å². The number of nitrogens with one attached hydrogen (secondary N) is 1. The van der Waals surface area contributed by atoms with Crippen molar-refractivity contribution in [3.63, 3.8) is 0 Å². The molecule has 2 amide bonds. The van der Waals surface area contributed by atoms with Gasteiger partial charge in [0.15, 0.2) is 0 Å². The molecule has 0 spiro atoms. The van der Waals surface area contributed by atoms with E-state index in [1.54, 1.807) is 25.1 Å². The first-order valence-corrected chi connectivity index (χ1v) is 14.5. The summed E-state index contributed by atoms with van der Waals surface area (Å²) in [4.78, 5) is 28.2. The Balaban J connectivity index is 2.04. The summed E-state index contributed by atoms with van der Waals surface area (Å²) in [5.41, 5.74) is 0.712. The second kappa shape index (κ2) is 13.6. The molecule has 11 heteroatoms. The largest absolute Gasteiger partial charge is 0.495 e. The van der Waals surface area contributed by atoms with Crippen LogP contribution in [0.4, 0.5) is 10.1 Å². The van der Waals surface area contributed by atoms with Gasteiger partial charge in [0.2, 0.25) is 11.8 Å². The minimum atomic E-state index is -4.23. The molecule has 214 valence electrons. The van der Waals surface area contributed by atoms with Gasteiger partial charge in [-0.15, -0.1) is 0 Å². The van der Waals surface area contributed by atoms with Crippen LogP contribution >= 0.6 is 11.6 Å². The summed E-state index contributed by atoms with van der Waals surface area (Å²) in [7, 11) is -2.80. The van der Waals surface area contributed by atoms with Crippen molar-refractivity contribution in [2.45, 2.75) is 50.7 Å². The van der Waals surface area contributed by atoms with Crippen LogP contribution < -0.4 is 14.4 Å². The zero-order chi connectivity index (χ0) is 29.4. The lowest BCUT2D eigenvalue weighted by Crippen LogP contribution is -2.52. The first kappa shape index (κ1) is 30.9. The third-order valence-corrected chi connectivity index (χ3v) is 8.55. The molecule has 0 aliphatic carbocycles. The highest BCUT2D eigenvalue weighted by Crippen LogP contribution is 2.32. The van der Waals surface area contributed by atoms with Gasteiger partial charge in [-0.25, -0.2) is 12.8 Å². The fourth-order valence-corrected chi connectivity index (χ4v) is 5.57. The highest BCUT2D eigenvalue weighted by Gasteiger charge is 2.33. The molecule has 3 rings (SSSR count). The normalized spacial score (nSPS) is 12.8. The number of nitrogens with zero attached hydrogens (tertiary/aromatic N) is 2. The van der Waals surface area contributed by atoms with E-state index in [0.29, 0.717) is 17.7 Å². The van der Waals surface area contributed by atoms with Crippen LogP contribution in [0.5, 0.6) is 5.75 Å². The first-order valence-electron chi connectivity index (χ1n) is 12.7. The molecule has 8 nitrogen and oxygen atoms in total. The Morgan fingerprint density at radius 2 is 1.68 bits per heavy atom. The number of carbonyl (C=O) groups is 2. The van der Waals surface area contributed by atoms with Gasteiger partial charge >= 0.3 is 0 Å². The van der Waals surface area contributed by atoms with E-state index >= 15 is 0 Å². The van der Waals surface area contributed by atoms with Crippen molar-refractivity contribution in [3.8, 4) is 5.75 Å². The fourth-order valence-electron chi connectivity index (χ4n) is 3.89. The molecule has 0 saturated heterocycles. The molecule has 0 aliphatic heterocycles. The predicted octanol–water partition coefficient (Wildman–Crippen LogP) is 5.02. The van der Waals surface area contributed by atoms with Crippen molar-refractivity contribution in [1.29, 1.82) is 0 Å². The first-order chi connectivity index (χ1) is 19.0. The van der Waals surface area contributed by atoms with Crippen molar-refractivity contribution < 1.29 is 27.1 Å². The lowest BCUT2D eigenvalue weighted by Gasteiger charge is -2.32. The summed E-state index contributed by atoms with van der Waals surface area (Å²) in [5.74, 6) is -1.14. The molecule has 0 aliphatic rings. The van der Waals surface area contributed by atoms with Gasteiger partial charge in [-0.2, -0.15) is 0 Å². The zero-order valence-electron chi connectivity index (χ0n) is 22.8. The molecule has 2 atom stereocenters. The van der Waals surface area contributed by atoms with Crippen LogP contribution in [-0.2, 0) is 26.2 Å². The maximum Gasteiger partial charge on any atom is 0.264 e. The highest BCUT2D eigenvalue weighted by atomic mass is 35.5. The molecule has 0 heterocycles. The highest BCUT2D eigenvalue weighted by molar-refractivity contribution is 7.92. The Hall–Kier alpha value is -3.63. The molecule has 0 bridgehead atoms. The summed E-state index contributed by atoms with van der Waals surface area (Å²) in [6.45, 7) is 4.67. The second-order valence-corrected chi connectivity index (χ2v) is 11.6. The number of amides is 2. The number of methoxy groups -OCH3 is 1. The molecular weight excluding hydrogens is 557 g/mol. The Labute approximate surface area is 239 Å². The molecule has 0 saturated carbocycles. The van der Waals surface area contributed by atoms with E-state index in [0.717, 1.165) is 4.31 Å². The Morgan fingerprint density at radius 1 is 1.02 bits per heavy atom. The van der Waals surface area contributed by atoms with E-state index in [1.165, 1.54) is 66.6 Å². The summed E-state index contributed by atoms with van der Waals surface area (Å²) < 4.78 is 47.3. The van der Waals surface area contributed by atoms with Gasteiger partial charge < -0.3 is 15.0 Å². The SMILES string of the molecule is CC[C@@H](C)NC(=O)[C@H](C)N(Cc1ccc(F)cc1)C(=O)CN(c1ccc(OC)c(Cl)c1)S(=O)(=O)c1ccccc1. The minimum absolute atomic E-state index is 0.0256. The zero-order valence-corrected chi connectivity index (χ0v) is 24.4. The topological polar surface area (TPSA) is 96.0 Å². The average Bonchev–Trinajstić information content (AvgIpc) is 2.95. The smallest absolute Gasteiger partial charge is 0.264 e. The van der Waals surface area contributed by atoms with E-state index in [9.17, 15) is 22.4 Å². The van der Waals surface area contributed by atoms with Crippen molar-refractivity contribution in [2.24, 2.45) is 0 Å². The van der Waals surface area contributed by atoms with Crippen LogP contribution in [-0.4, -0.2) is 50.9 Å². The van der Waals surface area contributed by atoms with E-state index in [1.807, 2.05) is 13.8 Å². The molecule has 0 aromatic heterocycles. The van der Waals surface area contributed by atoms with Crippen molar-refractivity contribution >= 4 is 39.1 Å². The molecule has 0 radical (unpaired) electrons. The van der Waals surface area contributed by atoms with Crippen LogP contribution in [0.25, 0.3) is 0 Å². The number of carbonyl (C=O) groups excluding carboxylic acids is 2. The van der Waals surface area contributed by atoms with Crippen molar-refractivity contribution in [2.75, 3.05) is 18.0 Å². The molecule has 40 heavy (non-hydrogen) atoms. The van der Waals surface area contributed by atoms with Gasteiger partial charge in [0.25, 0.3) is 10.0 Å².